The van der Waals surface area contributed by atoms with Crippen LogP contribution >= 0.6 is 23.2 Å². The van der Waals surface area contributed by atoms with Crippen molar-refractivity contribution < 1.29 is 9.90 Å². The second kappa shape index (κ2) is 5.50. The minimum absolute atomic E-state index is 0.164. The first-order valence-electron chi connectivity index (χ1n) is 7.63. The van der Waals surface area contributed by atoms with E-state index in [2.05, 4.69) is 0 Å². The molecule has 1 aliphatic rings. The van der Waals surface area contributed by atoms with E-state index >= 15 is 0 Å². The molecule has 6 heteroatoms. The van der Waals surface area contributed by atoms with Crippen molar-refractivity contribution in [3.8, 4) is 0 Å². The van der Waals surface area contributed by atoms with Gasteiger partial charge in [-0.15, -0.1) is 0 Å². The number of aromatic nitrogens is 1. The Morgan fingerprint density at radius 1 is 1.17 bits per heavy atom. The van der Waals surface area contributed by atoms with Crippen molar-refractivity contribution in [2.24, 2.45) is 0 Å². The maximum atomic E-state index is 12.8. The standard InChI is InChI=1S/C18H13Cl2NO3/c19-13-6-5-12-17(16(13)20)21(8-15(22)23)14-7-10(9-1-2-9)3-4-11(14)18(12)24/h3-7,9H,1-2,8H2,(H,22,23). The van der Waals surface area contributed by atoms with Crippen molar-refractivity contribution in [1.29, 1.82) is 0 Å². The summed E-state index contributed by atoms with van der Waals surface area (Å²) in [6.45, 7) is -0.290. The Bertz CT molecular complexity index is 1070. The number of pyridine rings is 1. The molecule has 1 N–H and O–H groups in total. The molecule has 1 fully saturated rings. The third-order valence-corrected chi connectivity index (χ3v) is 5.28. The summed E-state index contributed by atoms with van der Waals surface area (Å²) in [6.07, 6.45) is 2.24. The predicted molar refractivity (Wildman–Crippen MR) is 95.3 cm³/mol. The molecule has 1 heterocycles. The van der Waals surface area contributed by atoms with Crippen LogP contribution in [0.2, 0.25) is 10.0 Å². The van der Waals surface area contributed by atoms with Gasteiger partial charge >= 0.3 is 5.97 Å². The summed E-state index contributed by atoms with van der Waals surface area (Å²) in [5, 5.41) is 10.7. The first-order chi connectivity index (χ1) is 11.5. The predicted octanol–water partition coefficient (Wildman–Crippen LogP) is 4.42. The van der Waals surface area contributed by atoms with Crippen molar-refractivity contribution in [2.45, 2.75) is 25.3 Å². The summed E-state index contributed by atoms with van der Waals surface area (Å²) in [5.74, 6) is -0.512. The summed E-state index contributed by atoms with van der Waals surface area (Å²) >= 11 is 12.4. The second-order valence-corrected chi connectivity index (χ2v) is 6.90. The highest BCUT2D eigenvalue weighted by molar-refractivity contribution is 6.45. The van der Waals surface area contributed by atoms with Gasteiger partial charge in [0.1, 0.15) is 6.54 Å². The molecule has 0 aliphatic heterocycles. The number of rotatable bonds is 3. The lowest BCUT2D eigenvalue weighted by molar-refractivity contribution is -0.137. The lowest BCUT2D eigenvalue weighted by Crippen LogP contribution is -2.16. The quantitative estimate of drug-likeness (QED) is 0.702. The molecule has 122 valence electrons. The van der Waals surface area contributed by atoms with E-state index in [-0.39, 0.29) is 17.0 Å². The van der Waals surface area contributed by atoms with Gasteiger partial charge in [-0.05, 0) is 48.6 Å². The Kier molecular flexibility index (Phi) is 3.55. The number of aliphatic carboxylic acids is 1. The molecule has 0 atom stereocenters. The van der Waals surface area contributed by atoms with E-state index in [1.165, 1.54) is 0 Å². The molecule has 1 aliphatic carbocycles. The van der Waals surface area contributed by atoms with Crippen LogP contribution in [0.5, 0.6) is 0 Å². The van der Waals surface area contributed by atoms with Gasteiger partial charge < -0.3 is 9.67 Å². The van der Waals surface area contributed by atoms with Crippen LogP contribution in [0.3, 0.4) is 0 Å². The van der Waals surface area contributed by atoms with E-state index in [9.17, 15) is 14.7 Å². The highest BCUT2D eigenvalue weighted by Crippen LogP contribution is 2.41. The maximum Gasteiger partial charge on any atom is 0.323 e. The lowest BCUT2D eigenvalue weighted by atomic mass is 10.0. The number of carbonyl (C=O) groups is 1. The van der Waals surface area contributed by atoms with Gasteiger partial charge in [0, 0.05) is 10.8 Å². The Hall–Kier alpha value is -2.04. The van der Waals surface area contributed by atoms with Crippen molar-refractivity contribution in [3.05, 3.63) is 56.2 Å². The molecule has 4 rings (SSSR count). The highest BCUT2D eigenvalue weighted by atomic mass is 35.5. The monoisotopic (exact) mass is 361 g/mol. The number of carboxylic acids is 1. The van der Waals surface area contributed by atoms with Gasteiger partial charge in [-0.2, -0.15) is 0 Å². The number of hydrogen-bond donors (Lipinski definition) is 1. The fourth-order valence-electron chi connectivity index (χ4n) is 3.19. The van der Waals surface area contributed by atoms with E-state index < -0.39 is 5.97 Å². The van der Waals surface area contributed by atoms with Crippen molar-refractivity contribution >= 4 is 51.0 Å². The number of benzene rings is 2. The molecule has 0 spiro atoms. The van der Waals surface area contributed by atoms with Gasteiger partial charge in [0.25, 0.3) is 0 Å². The van der Waals surface area contributed by atoms with Gasteiger partial charge in [0.15, 0.2) is 5.43 Å². The summed E-state index contributed by atoms with van der Waals surface area (Å²) < 4.78 is 1.58. The Morgan fingerprint density at radius 2 is 1.88 bits per heavy atom. The molecule has 1 saturated carbocycles. The summed E-state index contributed by atoms with van der Waals surface area (Å²) in [6, 6.07) is 8.80. The average Bonchev–Trinajstić information content (AvgIpc) is 3.38. The van der Waals surface area contributed by atoms with E-state index in [4.69, 9.17) is 23.2 Å². The lowest BCUT2D eigenvalue weighted by Gasteiger charge is -2.16. The molecule has 0 radical (unpaired) electrons. The van der Waals surface area contributed by atoms with Crippen LogP contribution in [0.25, 0.3) is 21.8 Å². The Labute approximate surface area is 147 Å². The van der Waals surface area contributed by atoms with Gasteiger partial charge in [0.05, 0.1) is 21.1 Å². The van der Waals surface area contributed by atoms with Crippen LogP contribution < -0.4 is 5.43 Å². The topological polar surface area (TPSA) is 59.3 Å². The zero-order valence-electron chi connectivity index (χ0n) is 12.6. The molecule has 1 aromatic heterocycles. The first kappa shape index (κ1) is 15.5. The second-order valence-electron chi connectivity index (χ2n) is 6.12. The van der Waals surface area contributed by atoms with Crippen LogP contribution in [-0.4, -0.2) is 15.6 Å². The maximum absolute atomic E-state index is 12.8. The molecule has 24 heavy (non-hydrogen) atoms. The van der Waals surface area contributed by atoms with Crippen LogP contribution in [0.15, 0.2) is 35.1 Å². The molecule has 0 bridgehead atoms. The Balaban J connectivity index is 2.20. The zero-order valence-corrected chi connectivity index (χ0v) is 14.1. The first-order valence-corrected chi connectivity index (χ1v) is 8.39. The third kappa shape index (κ3) is 2.38. The van der Waals surface area contributed by atoms with E-state index in [0.29, 0.717) is 32.7 Å². The van der Waals surface area contributed by atoms with Gasteiger partial charge in [-0.25, -0.2) is 0 Å². The summed E-state index contributed by atoms with van der Waals surface area (Å²) in [7, 11) is 0. The van der Waals surface area contributed by atoms with Crippen LogP contribution in [-0.2, 0) is 11.3 Å². The molecule has 4 nitrogen and oxygen atoms in total. The van der Waals surface area contributed by atoms with Gasteiger partial charge in [-0.1, -0.05) is 29.3 Å². The number of hydrogen-bond acceptors (Lipinski definition) is 2. The van der Waals surface area contributed by atoms with Crippen LogP contribution in [0.1, 0.15) is 24.3 Å². The molecule has 0 saturated heterocycles. The SMILES string of the molecule is O=C(O)Cn1c2cc(C3CC3)ccc2c(=O)c2ccc(Cl)c(Cl)c21. The normalized spacial score (nSPS) is 14.4. The third-order valence-electron chi connectivity index (χ3n) is 4.48. The Morgan fingerprint density at radius 3 is 2.54 bits per heavy atom. The van der Waals surface area contributed by atoms with Crippen molar-refractivity contribution in [3.63, 3.8) is 0 Å². The van der Waals surface area contributed by atoms with E-state index in [0.717, 1.165) is 18.4 Å². The number of nitrogens with zero attached hydrogens (tertiary/aromatic N) is 1. The van der Waals surface area contributed by atoms with Gasteiger partial charge in [0.2, 0.25) is 0 Å². The highest BCUT2D eigenvalue weighted by Gasteiger charge is 2.25. The largest absolute Gasteiger partial charge is 0.480 e. The van der Waals surface area contributed by atoms with Crippen LogP contribution in [0, 0.1) is 0 Å². The molecular formula is C18H13Cl2NO3. The van der Waals surface area contributed by atoms with Gasteiger partial charge in [-0.3, -0.25) is 9.59 Å². The molecular weight excluding hydrogens is 349 g/mol. The number of halogens is 2. The van der Waals surface area contributed by atoms with E-state index in [1.807, 2.05) is 12.1 Å². The summed E-state index contributed by atoms with van der Waals surface area (Å²) in [5.41, 5.74) is 1.92. The smallest absolute Gasteiger partial charge is 0.323 e. The summed E-state index contributed by atoms with van der Waals surface area (Å²) in [4.78, 5) is 24.2. The fraction of sp³-hybridized carbons (Fsp3) is 0.222. The molecule has 3 aromatic rings. The molecule has 0 amide bonds. The van der Waals surface area contributed by atoms with E-state index in [1.54, 1.807) is 22.8 Å². The minimum atomic E-state index is -1.01. The number of carboxylic acid groups (broad SMARTS) is 1. The molecule has 0 unspecified atom stereocenters. The fourth-order valence-corrected chi connectivity index (χ4v) is 3.61. The number of fused-ring (bicyclic) bond motifs is 2. The van der Waals surface area contributed by atoms with Crippen molar-refractivity contribution in [2.75, 3.05) is 0 Å². The van der Waals surface area contributed by atoms with Crippen LogP contribution in [0.4, 0.5) is 0 Å². The van der Waals surface area contributed by atoms with Crippen molar-refractivity contribution in [1.82, 2.24) is 4.57 Å². The minimum Gasteiger partial charge on any atom is -0.480 e. The zero-order chi connectivity index (χ0) is 17.0. The average molecular weight is 362 g/mol. The molecule has 2 aromatic carbocycles.